The summed E-state index contributed by atoms with van der Waals surface area (Å²) in [5, 5.41) is 3.14. The Hall–Kier alpha value is -2.53. The van der Waals surface area contributed by atoms with Gasteiger partial charge in [-0.15, -0.1) is 0 Å². The molecule has 0 unspecified atom stereocenters. The number of benzene rings is 2. The molecule has 132 valence electrons. The van der Waals surface area contributed by atoms with Crippen LogP contribution in [0.4, 0.5) is 0 Å². The molecule has 0 aliphatic rings. The van der Waals surface area contributed by atoms with Crippen molar-refractivity contribution in [3.05, 3.63) is 64.7 Å². The first-order valence-electron chi connectivity index (χ1n) is 7.87. The van der Waals surface area contributed by atoms with Gasteiger partial charge in [-0.25, -0.2) is 4.79 Å². The minimum absolute atomic E-state index is 0.180. The first kappa shape index (κ1) is 18.8. The van der Waals surface area contributed by atoms with Crippen molar-refractivity contribution in [2.24, 2.45) is 0 Å². The molecule has 6 heteroatoms. The molecule has 0 radical (unpaired) electrons. The van der Waals surface area contributed by atoms with Gasteiger partial charge >= 0.3 is 5.97 Å². The fourth-order valence-electron chi connectivity index (χ4n) is 2.24. The molecule has 2 aromatic rings. The highest BCUT2D eigenvalue weighted by Crippen LogP contribution is 2.23. The minimum Gasteiger partial charge on any atom is -0.496 e. The van der Waals surface area contributed by atoms with Gasteiger partial charge in [0, 0.05) is 11.6 Å². The standard InChI is InChI=1S/C19H20ClNO4/c1-13(18(22)21-11-10-14-6-4-3-5-7-14)25-19(23)16-12-15(20)8-9-17(16)24-2/h3-9,12-13H,10-11H2,1-2H3,(H,21,22)/t13-/m0/s1. The number of carbonyl (C=O) groups is 2. The van der Waals surface area contributed by atoms with Gasteiger partial charge in [0.1, 0.15) is 11.3 Å². The average molecular weight is 362 g/mol. The number of amides is 1. The number of carbonyl (C=O) groups excluding carboxylic acids is 2. The molecule has 2 aromatic carbocycles. The molecule has 0 fully saturated rings. The Kier molecular flexibility index (Phi) is 6.83. The number of hydrogen-bond acceptors (Lipinski definition) is 4. The highest BCUT2D eigenvalue weighted by atomic mass is 35.5. The molecule has 0 saturated heterocycles. The van der Waals surface area contributed by atoms with E-state index in [-0.39, 0.29) is 11.5 Å². The lowest BCUT2D eigenvalue weighted by Gasteiger charge is -2.15. The smallest absolute Gasteiger partial charge is 0.342 e. The van der Waals surface area contributed by atoms with E-state index in [1.54, 1.807) is 12.1 Å². The van der Waals surface area contributed by atoms with Crippen LogP contribution in [-0.2, 0) is 16.0 Å². The van der Waals surface area contributed by atoms with Crippen LogP contribution >= 0.6 is 11.6 Å². The molecule has 1 amide bonds. The number of hydrogen-bond donors (Lipinski definition) is 1. The summed E-state index contributed by atoms with van der Waals surface area (Å²) in [6.45, 7) is 1.98. The largest absolute Gasteiger partial charge is 0.496 e. The Morgan fingerprint density at radius 1 is 1.16 bits per heavy atom. The number of halogens is 1. The Balaban J connectivity index is 1.88. The predicted octanol–water partition coefficient (Wildman–Crippen LogP) is 3.25. The number of esters is 1. The van der Waals surface area contributed by atoms with E-state index in [1.165, 1.54) is 20.1 Å². The topological polar surface area (TPSA) is 64.6 Å². The number of rotatable bonds is 7. The molecule has 5 nitrogen and oxygen atoms in total. The van der Waals surface area contributed by atoms with Gasteiger partial charge in [0.2, 0.25) is 0 Å². The third-order valence-electron chi connectivity index (χ3n) is 3.59. The van der Waals surface area contributed by atoms with E-state index < -0.39 is 12.1 Å². The van der Waals surface area contributed by atoms with Crippen molar-refractivity contribution >= 4 is 23.5 Å². The summed E-state index contributed by atoms with van der Waals surface area (Å²) in [7, 11) is 1.44. The predicted molar refractivity (Wildman–Crippen MR) is 96.0 cm³/mol. The molecule has 25 heavy (non-hydrogen) atoms. The van der Waals surface area contributed by atoms with E-state index in [2.05, 4.69) is 5.32 Å². The van der Waals surface area contributed by atoms with Gasteiger partial charge in [-0.3, -0.25) is 4.79 Å². The van der Waals surface area contributed by atoms with Crippen LogP contribution in [0, 0.1) is 0 Å². The second-order valence-electron chi connectivity index (χ2n) is 5.42. The SMILES string of the molecule is COc1ccc(Cl)cc1C(=O)O[C@@H](C)C(=O)NCCc1ccccc1. The van der Waals surface area contributed by atoms with E-state index in [0.29, 0.717) is 23.7 Å². The van der Waals surface area contributed by atoms with Crippen molar-refractivity contribution in [1.29, 1.82) is 0 Å². The van der Waals surface area contributed by atoms with Crippen molar-refractivity contribution in [2.45, 2.75) is 19.4 Å². The van der Waals surface area contributed by atoms with E-state index >= 15 is 0 Å². The second-order valence-corrected chi connectivity index (χ2v) is 5.86. The number of nitrogens with one attached hydrogen (secondary N) is 1. The molecule has 0 heterocycles. The van der Waals surface area contributed by atoms with Crippen LogP contribution in [0.25, 0.3) is 0 Å². The maximum atomic E-state index is 12.2. The van der Waals surface area contributed by atoms with Gasteiger partial charge in [0.25, 0.3) is 5.91 Å². The molecule has 0 aromatic heterocycles. The summed E-state index contributed by atoms with van der Waals surface area (Å²) in [6, 6.07) is 14.4. The van der Waals surface area contributed by atoms with Crippen molar-refractivity contribution in [2.75, 3.05) is 13.7 Å². The normalized spacial score (nSPS) is 11.5. The molecule has 0 spiro atoms. The number of ether oxygens (including phenoxy) is 2. The van der Waals surface area contributed by atoms with E-state index in [4.69, 9.17) is 21.1 Å². The minimum atomic E-state index is -0.924. The molecule has 1 atom stereocenters. The summed E-state index contributed by atoms with van der Waals surface area (Å²) in [6.07, 6.45) is -0.220. The molecule has 0 aliphatic carbocycles. The van der Waals surface area contributed by atoms with Crippen molar-refractivity contribution in [3.63, 3.8) is 0 Å². The van der Waals surface area contributed by atoms with Crippen LogP contribution in [0.2, 0.25) is 5.02 Å². The van der Waals surface area contributed by atoms with E-state index in [9.17, 15) is 9.59 Å². The summed E-state index contributed by atoms with van der Waals surface area (Å²) in [5.41, 5.74) is 1.30. The zero-order valence-electron chi connectivity index (χ0n) is 14.1. The van der Waals surface area contributed by atoms with Gasteiger partial charge in [-0.1, -0.05) is 41.9 Å². The van der Waals surface area contributed by atoms with Crippen LogP contribution in [0.5, 0.6) is 5.75 Å². The number of methoxy groups -OCH3 is 1. The van der Waals surface area contributed by atoms with Crippen LogP contribution in [0.15, 0.2) is 48.5 Å². The first-order chi connectivity index (χ1) is 12.0. The monoisotopic (exact) mass is 361 g/mol. The molecular formula is C19H20ClNO4. The van der Waals surface area contributed by atoms with Crippen molar-refractivity contribution in [3.8, 4) is 5.75 Å². The summed E-state index contributed by atoms with van der Waals surface area (Å²) in [5.74, 6) is -0.679. The molecule has 0 aliphatic heterocycles. The highest BCUT2D eigenvalue weighted by Gasteiger charge is 2.21. The molecule has 0 bridgehead atoms. The second kappa shape index (κ2) is 9.08. The van der Waals surface area contributed by atoms with Crippen LogP contribution in [-0.4, -0.2) is 31.6 Å². The van der Waals surface area contributed by atoms with Crippen molar-refractivity contribution < 1.29 is 19.1 Å². The van der Waals surface area contributed by atoms with Gasteiger partial charge in [0.15, 0.2) is 6.10 Å². The van der Waals surface area contributed by atoms with Gasteiger partial charge in [-0.2, -0.15) is 0 Å². The lowest BCUT2D eigenvalue weighted by atomic mass is 10.1. The zero-order valence-corrected chi connectivity index (χ0v) is 14.9. The lowest BCUT2D eigenvalue weighted by molar-refractivity contribution is -0.129. The quantitative estimate of drug-likeness (QED) is 0.769. The Labute approximate surface area is 151 Å². The molecule has 0 saturated carbocycles. The summed E-state index contributed by atoms with van der Waals surface area (Å²) in [4.78, 5) is 24.3. The van der Waals surface area contributed by atoms with E-state index in [1.807, 2.05) is 30.3 Å². The van der Waals surface area contributed by atoms with Crippen LogP contribution in [0.3, 0.4) is 0 Å². The highest BCUT2D eigenvalue weighted by molar-refractivity contribution is 6.31. The fraction of sp³-hybridized carbons (Fsp3) is 0.263. The Bertz CT molecular complexity index is 733. The van der Waals surface area contributed by atoms with E-state index in [0.717, 1.165) is 5.56 Å². The average Bonchev–Trinajstić information content (AvgIpc) is 2.62. The Morgan fingerprint density at radius 3 is 2.56 bits per heavy atom. The maximum absolute atomic E-state index is 12.2. The fourth-order valence-corrected chi connectivity index (χ4v) is 2.41. The summed E-state index contributed by atoms with van der Waals surface area (Å²) >= 11 is 5.90. The van der Waals surface area contributed by atoms with Gasteiger partial charge in [-0.05, 0) is 37.1 Å². The lowest BCUT2D eigenvalue weighted by Crippen LogP contribution is -2.37. The van der Waals surface area contributed by atoms with Gasteiger partial charge in [0.05, 0.1) is 7.11 Å². The third-order valence-corrected chi connectivity index (χ3v) is 3.83. The van der Waals surface area contributed by atoms with Crippen LogP contribution in [0.1, 0.15) is 22.8 Å². The molecule has 2 rings (SSSR count). The van der Waals surface area contributed by atoms with Gasteiger partial charge < -0.3 is 14.8 Å². The Morgan fingerprint density at radius 2 is 1.88 bits per heavy atom. The molecule has 1 N–H and O–H groups in total. The zero-order chi connectivity index (χ0) is 18.2. The van der Waals surface area contributed by atoms with Crippen LogP contribution < -0.4 is 10.1 Å². The third kappa shape index (κ3) is 5.50. The van der Waals surface area contributed by atoms with Crippen molar-refractivity contribution in [1.82, 2.24) is 5.32 Å². The summed E-state index contributed by atoms with van der Waals surface area (Å²) < 4.78 is 10.3. The molecular weight excluding hydrogens is 342 g/mol. The first-order valence-corrected chi connectivity index (χ1v) is 8.25. The maximum Gasteiger partial charge on any atom is 0.342 e.